The van der Waals surface area contributed by atoms with Gasteiger partial charge in [0.25, 0.3) is 5.89 Å². The average molecular weight is 334 g/mol. The first kappa shape index (κ1) is 12.8. The largest absolute Gasteiger partial charge is 0.398 e. The molecule has 0 saturated heterocycles. The summed E-state index contributed by atoms with van der Waals surface area (Å²) in [4.78, 5) is 4.19. The van der Waals surface area contributed by atoms with Crippen LogP contribution in [0.25, 0.3) is 22.8 Å². The van der Waals surface area contributed by atoms with E-state index >= 15 is 0 Å². The topological polar surface area (TPSA) is 64.9 Å². The van der Waals surface area contributed by atoms with Gasteiger partial charge in [0.2, 0.25) is 5.82 Å². The molecule has 0 radical (unpaired) electrons. The third-order valence-electron chi connectivity index (χ3n) is 2.81. The molecule has 0 aliphatic carbocycles. The summed E-state index contributed by atoms with van der Waals surface area (Å²) in [5.41, 5.74) is 7.28. The summed E-state index contributed by atoms with van der Waals surface area (Å²) < 4.78 is 19.4. The van der Waals surface area contributed by atoms with Crippen molar-refractivity contribution < 1.29 is 8.91 Å². The number of nitrogens with zero attached hydrogens (tertiary/aromatic N) is 2. The van der Waals surface area contributed by atoms with Crippen molar-refractivity contribution in [1.29, 1.82) is 0 Å². The SMILES string of the molecule is Nc1ccccc1-c1noc(-c2cccc(Br)c2F)n1. The molecule has 0 amide bonds. The lowest BCUT2D eigenvalue weighted by Crippen LogP contribution is -1.91. The fourth-order valence-electron chi connectivity index (χ4n) is 1.81. The minimum absolute atomic E-state index is 0.113. The zero-order valence-electron chi connectivity index (χ0n) is 10.2. The van der Waals surface area contributed by atoms with Crippen LogP contribution in [0.1, 0.15) is 0 Å². The van der Waals surface area contributed by atoms with Crippen molar-refractivity contribution in [3.05, 3.63) is 52.8 Å². The molecule has 3 rings (SSSR count). The lowest BCUT2D eigenvalue weighted by Gasteiger charge is -1.99. The first-order valence-electron chi connectivity index (χ1n) is 5.80. The van der Waals surface area contributed by atoms with E-state index in [1.807, 2.05) is 12.1 Å². The number of hydrogen-bond acceptors (Lipinski definition) is 4. The van der Waals surface area contributed by atoms with Gasteiger partial charge >= 0.3 is 0 Å². The predicted octanol–water partition coefficient (Wildman–Crippen LogP) is 3.89. The number of nitrogens with two attached hydrogens (primary N) is 1. The number of rotatable bonds is 2. The zero-order chi connectivity index (χ0) is 14.1. The van der Waals surface area contributed by atoms with Gasteiger partial charge in [-0.15, -0.1) is 0 Å². The van der Waals surface area contributed by atoms with Crippen LogP contribution in [0.2, 0.25) is 0 Å². The molecule has 3 aromatic rings. The first-order valence-corrected chi connectivity index (χ1v) is 6.59. The third-order valence-corrected chi connectivity index (χ3v) is 3.42. The molecule has 0 atom stereocenters. The molecule has 0 spiro atoms. The maximum absolute atomic E-state index is 14.0. The lowest BCUT2D eigenvalue weighted by molar-refractivity contribution is 0.429. The van der Waals surface area contributed by atoms with E-state index in [4.69, 9.17) is 10.3 Å². The van der Waals surface area contributed by atoms with Gasteiger partial charge in [-0.3, -0.25) is 0 Å². The number of halogens is 2. The van der Waals surface area contributed by atoms with Crippen LogP contribution in [0.15, 0.2) is 51.5 Å². The van der Waals surface area contributed by atoms with E-state index in [1.54, 1.807) is 30.3 Å². The van der Waals surface area contributed by atoms with Crippen molar-refractivity contribution in [1.82, 2.24) is 10.1 Å². The molecule has 0 saturated carbocycles. The first-order chi connectivity index (χ1) is 9.66. The van der Waals surface area contributed by atoms with Crippen LogP contribution >= 0.6 is 15.9 Å². The molecular formula is C14H9BrFN3O. The van der Waals surface area contributed by atoms with Gasteiger partial charge < -0.3 is 10.3 Å². The Morgan fingerprint density at radius 3 is 2.60 bits per heavy atom. The van der Waals surface area contributed by atoms with Crippen LogP contribution in [0.3, 0.4) is 0 Å². The Kier molecular flexibility index (Phi) is 3.23. The molecule has 2 N–H and O–H groups in total. The second-order valence-corrected chi connectivity index (χ2v) is 4.97. The van der Waals surface area contributed by atoms with Crippen LogP contribution in [0.4, 0.5) is 10.1 Å². The van der Waals surface area contributed by atoms with Crippen LogP contribution in [-0.4, -0.2) is 10.1 Å². The number of benzene rings is 2. The highest BCUT2D eigenvalue weighted by Crippen LogP contribution is 2.29. The van der Waals surface area contributed by atoms with E-state index in [9.17, 15) is 4.39 Å². The average Bonchev–Trinajstić information content (AvgIpc) is 2.92. The third kappa shape index (κ3) is 2.18. The Hall–Kier alpha value is -2.21. The standard InChI is InChI=1S/C14H9BrFN3O/c15-10-6-3-5-9(12(10)16)14-18-13(19-20-14)8-4-1-2-7-11(8)17/h1-7H,17H2. The Morgan fingerprint density at radius 2 is 1.80 bits per heavy atom. The van der Waals surface area contributed by atoms with E-state index in [-0.39, 0.29) is 11.5 Å². The molecule has 0 bridgehead atoms. The maximum Gasteiger partial charge on any atom is 0.261 e. The van der Waals surface area contributed by atoms with Crippen molar-refractivity contribution in [3.63, 3.8) is 0 Å². The monoisotopic (exact) mass is 333 g/mol. The quantitative estimate of drug-likeness (QED) is 0.722. The summed E-state index contributed by atoms with van der Waals surface area (Å²) in [6.07, 6.45) is 0. The van der Waals surface area contributed by atoms with Gasteiger partial charge in [-0.05, 0) is 40.2 Å². The number of nitrogen functional groups attached to an aromatic ring is 1. The summed E-state index contributed by atoms with van der Waals surface area (Å²) in [6, 6.07) is 12.0. The maximum atomic E-state index is 14.0. The number of aromatic nitrogens is 2. The van der Waals surface area contributed by atoms with Gasteiger partial charge in [0, 0.05) is 11.3 Å². The number of hydrogen-bond donors (Lipinski definition) is 1. The second kappa shape index (κ2) is 5.05. The number of para-hydroxylation sites is 1. The van der Waals surface area contributed by atoms with E-state index < -0.39 is 5.82 Å². The number of anilines is 1. The Balaban J connectivity index is 2.07. The molecule has 4 nitrogen and oxygen atoms in total. The summed E-state index contributed by atoms with van der Waals surface area (Å²) >= 11 is 3.12. The lowest BCUT2D eigenvalue weighted by atomic mass is 10.1. The summed E-state index contributed by atoms with van der Waals surface area (Å²) in [6.45, 7) is 0. The molecular weight excluding hydrogens is 325 g/mol. The molecule has 1 aromatic heterocycles. The van der Waals surface area contributed by atoms with Crippen molar-refractivity contribution in [2.45, 2.75) is 0 Å². The van der Waals surface area contributed by atoms with Crippen LogP contribution in [-0.2, 0) is 0 Å². The molecule has 20 heavy (non-hydrogen) atoms. The fourth-order valence-corrected chi connectivity index (χ4v) is 2.18. The molecule has 0 fully saturated rings. The van der Waals surface area contributed by atoms with Crippen molar-refractivity contribution in [2.75, 3.05) is 5.73 Å². The van der Waals surface area contributed by atoms with Crippen molar-refractivity contribution >= 4 is 21.6 Å². The van der Waals surface area contributed by atoms with Gasteiger partial charge in [0.15, 0.2) is 0 Å². The summed E-state index contributed by atoms with van der Waals surface area (Å²) in [5.74, 6) is 0.00302. The van der Waals surface area contributed by atoms with E-state index in [0.717, 1.165) is 0 Å². The molecule has 0 aliphatic heterocycles. The highest BCUT2D eigenvalue weighted by molar-refractivity contribution is 9.10. The minimum atomic E-state index is -0.441. The fraction of sp³-hybridized carbons (Fsp3) is 0. The smallest absolute Gasteiger partial charge is 0.261 e. The molecule has 0 unspecified atom stereocenters. The molecule has 0 aliphatic rings. The molecule has 1 heterocycles. The molecule has 2 aromatic carbocycles. The minimum Gasteiger partial charge on any atom is -0.398 e. The van der Waals surface area contributed by atoms with Gasteiger partial charge in [-0.1, -0.05) is 23.4 Å². The van der Waals surface area contributed by atoms with Crippen molar-refractivity contribution in [3.8, 4) is 22.8 Å². The molecule has 6 heteroatoms. The predicted molar refractivity (Wildman–Crippen MR) is 77.2 cm³/mol. The highest BCUT2D eigenvalue weighted by atomic mass is 79.9. The Bertz CT molecular complexity index is 773. The van der Waals surface area contributed by atoms with E-state index in [1.165, 1.54) is 0 Å². The van der Waals surface area contributed by atoms with E-state index in [2.05, 4.69) is 26.1 Å². The van der Waals surface area contributed by atoms with Crippen LogP contribution in [0, 0.1) is 5.82 Å². The van der Waals surface area contributed by atoms with Gasteiger partial charge in [-0.25, -0.2) is 4.39 Å². The highest BCUT2D eigenvalue weighted by Gasteiger charge is 2.16. The van der Waals surface area contributed by atoms with E-state index in [0.29, 0.717) is 21.5 Å². The Morgan fingerprint density at radius 1 is 1.05 bits per heavy atom. The summed E-state index contributed by atoms with van der Waals surface area (Å²) in [7, 11) is 0. The zero-order valence-corrected chi connectivity index (χ0v) is 11.8. The van der Waals surface area contributed by atoms with Crippen molar-refractivity contribution in [2.24, 2.45) is 0 Å². The van der Waals surface area contributed by atoms with Gasteiger partial charge in [0.05, 0.1) is 10.0 Å². The van der Waals surface area contributed by atoms with Gasteiger partial charge in [0.1, 0.15) is 5.82 Å². The van der Waals surface area contributed by atoms with Crippen LogP contribution in [0.5, 0.6) is 0 Å². The van der Waals surface area contributed by atoms with Crippen LogP contribution < -0.4 is 5.73 Å². The second-order valence-electron chi connectivity index (χ2n) is 4.11. The Labute approximate surface area is 122 Å². The molecule has 100 valence electrons. The summed E-state index contributed by atoms with van der Waals surface area (Å²) in [5, 5.41) is 3.85. The normalized spacial score (nSPS) is 10.7. The van der Waals surface area contributed by atoms with Gasteiger partial charge in [-0.2, -0.15) is 4.98 Å².